The van der Waals surface area contributed by atoms with Crippen molar-refractivity contribution in [2.45, 2.75) is 45.2 Å². The molecule has 0 spiro atoms. The molecule has 2 aliphatic carbocycles. The van der Waals surface area contributed by atoms with E-state index in [1.54, 1.807) is 0 Å². The van der Waals surface area contributed by atoms with Gasteiger partial charge in [0.15, 0.2) is 15.5 Å². The van der Waals surface area contributed by atoms with Crippen molar-refractivity contribution < 1.29 is 13.5 Å². The molecule has 3 atom stereocenters. The molecule has 10 heteroatoms. The Morgan fingerprint density at radius 2 is 1.97 bits per heavy atom. The zero-order valence-corrected chi connectivity index (χ0v) is 17.2. The van der Waals surface area contributed by atoms with Gasteiger partial charge in [-0.3, -0.25) is 13.9 Å². The van der Waals surface area contributed by atoms with Gasteiger partial charge in [0, 0.05) is 19.0 Å². The van der Waals surface area contributed by atoms with E-state index >= 15 is 0 Å². The van der Waals surface area contributed by atoms with Crippen molar-refractivity contribution in [2.24, 2.45) is 11.8 Å². The number of aliphatic hydroxyl groups is 1. The topological polar surface area (TPSA) is 127 Å². The summed E-state index contributed by atoms with van der Waals surface area (Å²) in [5, 5.41) is 8.94. The van der Waals surface area contributed by atoms with Gasteiger partial charge in [-0.1, -0.05) is 19.1 Å². The van der Waals surface area contributed by atoms with Crippen LogP contribution >= 0.6 is 0 Å². The van der Waals surface area contributed by atoms with Gasteiger partial charge in [-0.2, -0.15) is 0 Å². The third-order valence-corrected chi connectivity index (χ3v) is 7.59. The number of nitrogens with zero attached hydrogens (tertiary/aromatic N) is 3. The lowest BCUT2D eigenvalue weighted by Crippen LogP contribution is -2.41. The van der Waals surface area contributed by atoms with Gasteiger partial charge in [-0.05, 0) is 31.1 Å². The highest BCUT2D eigenvalue weighted by Gasteiger charge is 2.38. The monoisotopic (exact) mass is 422 g/mol. The van der Waals surface area contributed by atoms with Crippen LogP contribution in [0.15, 0.2) is 21.7 Å². The van der Waals surface area contributed by atoms with E-state index in [4.69, 9.17) is 5.11 Å². The van der Waals surface area contributed by atoms with Gasteiger partial charge in [0.25, 0.3) is 5.56 Å². The summed E-state index contributed by atoms with van der Waals surface area (Å²) in [5.41, 5.74) is -0.499. The smallest absolute Gasteiger partial charge is 0.332 e. The SMILES string of the molecule is CCCn1c(=O)c2[nH]c(C3CC4C=CC3C4)nc2n(CCS(=O)(=O)CCO)c1=O. The van der Waals surface area contributed by atoms with Gasteiger partial charge in [-0.25, -0.2) is 18.2 Å². The van der Waals surface area contributed by atoms with E-state index in [-0.39, 0.29) is 41.7 Å². The molecule has 2 aromatic rings. The molecule has 9 nitrogen and oxygen atoms in total. The number of rotatable bonds is 8. The molecule has 0 saturated heterocycles. The minimum absolute atomic E-state index is 0.109. The summed E-state index contributed by atoms with van der Waals surface area (Å²) in [4.78, 5) is 33.6. The summed E-state index contributed by atoms with van der Waals surface area (Å²) >= 11 is 0. The minimum Gasteiger partial charge on any atom is -0.395 e. The van der Waals surface area contributed by atoms with E-state index in [0.29, 0.717) is 24.1 Å². The number of allylic oxidation sites excluding steroid dienone is 2. The van der Waals surface area contributed by atoms with E-state index in [1.807, 2.05) is 6.92 Å². The first kappa shape index (κ1) is 20.1. The van der Waals surface area contributed by atoms with Crippen LogP contribution in [0.2, 0.25) is 0 Å². The fourth-order valence-electron chi connectivity index (χ4n) is 4.55. The van der Waals surface area contributed by atoms with Crippen molar-refractivity contribution in [1.29, 1.82) is 0 Å². The Balaban J connectivity index is 1.80. The number of hydrogen-bond donors (Lipinski definition) is 2. The maximum absolute atomic E-state index is 12.9. The Morgan fingerprint density at radius 3 is 2.59 bits per heavy atom. The molecule has 158 valence electrons. The normalized spacial score (nSPS) is 23.4. The van der Waals surface area contributed by atoms with E-state index < -0.39 is 27.7 Å². The van der Waals surface area contributed by atoms with Gasteiger partial charge in [-0.15, -0.1) is 0 Å². The van der Waals surface area contributed by atoms with E-state index in [9.17, 15) is 18.0 Å². The number of hydrogen-bond acceptors (Lipinski definition) is 6. The molecule has 0 aliphatic heterocycles. The number of aromatic amines is 1. The van der Waals surface area contributed by atoms with Crippen LogP contribution in [0.3, 0.4) is 0 Å². The molecule has 2 aromatic heterocycles. The molecule has 2 N–H and O–H groups in total. The lowest BCUT2D eigenvalue weighted by Gasteiger charge is -2.14. The number of aromatic nitrogens is 4. The van der Waals surface area contributed by atoms with Gasteiger partial charge < -0.3 is 10.1 Å². The predicted octanol–water partition coefficient (Wildman–Crippen LogP) is 0.383. The van der Waals surface area contributed by atoms with Crippen LogP contribution in [-0.4, -0.2) is 50.7 Å². The van der Waals surface area contributed by atoms with Crippen LogP contribution in [-0.2, 0) is 22.9 Å². The van der Waals surface area contributed by atoms with Crippen LogP contribution < -0.4 is 11.2 Å². The molecule has 2 aliphatic rings. The quantitative estimate of drug-likeness (QED) is 0.592. The molecule has 1 fully saturated rings. The standard InChI is InChI=1S/C19H26N4O5S/c1-2-5-23-18(25)15-17(22(19(23)26)6-8-29(27,28)9-7-24)21-16(20-15)14-11-12-3-4-13(14)10-12/h3-4,12-14,24H,2,5-11H2,1H3,(H,20,21). The minimum atomic E-state index is -3.51. The molecule has 3 unspecified atom stereocenters. The zero-order chi connectivity index (χ0) is 20.8. The number of H-pyrrole nitrogens is 1. The lowest BCUT2D eigenvalue weighted by molar-refractivity contribution is 0.319. The lowest BCUT2D eigenvalue weighted by atomic mass is 9.93. The second-order valence-corrected chi connectivity index (χ2v) is 10.3. The molecule has 2 heterocycles. The molecular weight excluding hydrogens is 396 g/mol. The third-order valence-electron chi connectivity index (χ3n) is 5.99. The van der Waals surface area contributed by atoms with E-state index in [2.05, 4.69) is 22.1 Å². The number of sulfone groups is 1. The van der Waals surface area contributed by atoms with Crippen molar-refractivity contribution in [3.8, 4) is 0 Å². The van der Waals surface area contributed by atoms with Crippen LogP contribution in [0.4, 0.5) is 0 Å². The molecule has 29 heavy (non-hydrogen) atoms. The summed E-state index contributed by atoms with van der Waals surface area (Å²) in [6.45, 7) is 1.54. The number of fused-ring (bicyclic) bond motifs is 3. The third kappa shape index (κ3) is 3.59. The number of aryl methyl sites for hydroxylation is 1. The number of aliphatic hydroxyl groups excluding tert-OH is 1. The zero-order valence-electron chi connectivity index (χ0n) is 16.4. The first-order chi connectivity index (χ1) is 13.8. The average molecular weight is 423 g/mol. The van der Waals surface area contributed by atoms with Crippen molar-refractivity contribution >= 4 is 21.0 Å². The van der Waals surface area contributed by atoms with Crippen LogP contribution in [0.5, 0.6) is 0 Å². The van der Waals surface area contributed by atoms with E-state index in [1.165, 1.54) is 4.57 Å². The average Bonchev–Trinajstić information content (AvgIpc) is 3.40. The molecule has 1 saturated carbocycles. The number of imidazole rings is 1. The van der Waals surface area contributed by atoms with Gasteiger partial charge in [0.1, 0.15) is 11.3 Å². The summed E-state index contributed by atoms with van der Waals surface area (Å²) in [6.07, 6.45) is 7.05. The van der Waals surface area contributed by atoms with Crippen molar-refractivity contribution in [3.63, 3.8) is 0 Å². The van der Waals surface area contributed by atoms with Crippen molar-refractivity contribution in [1.82, 2.24) is 19.1 Å². The largest absolute Gasteiger partial charge is 0.395 e. The van der Waals surface area contributed by atoms with Gasteiger partial charge in [0.2, 0.25) is 0 Å². The molecular formula is C19H26N4O5S. The molecule has 0 aromatic carbocycles. The number of nitrogens with one attached hydrogen (secondary N) is 1. The van der Waals surface area contributed by atoms with Crippen LogP contribution in [0.1, 0.15) is 37.9 Å². The highest BCUT2D eigenvalue weighted by atomic mass is 32.2. The Hall–Kier alpha value is -2.20. The molecule has 0 radical (unpaired) electrons. The Morgan fingerprint density at radius 1 is 1.17 bits per heavy atom. The first-order valence-corrected chi connectivity index (χ1v) is 11.9. The molecule has 0 amide bonds. The fourth-order valence-corrected chi connectivity index (χ4v) is 5.49. The second kappa shape index (κ2) is 7.56. The first-order valence-electron chi connectivity index (χ1n) is 10.1. The van der Waals surface area contributed by atoms with Crippen LogP contribution in [0, 0.1) is 11.8 Å². The summed E-state index contributed by atoms with van der Waals surface area (Å²) in [6, 6.07) is 0. The highest BCUT2D eigenvalue weighted by molar-refractivity contribution is 7.91. The maximum atomic E-state index is 12.9. The van der Waals surface area contributed by atoms with Crippen molar-refractivity contribution in [3.05, 3.63) is 38.8 Å². The van der Waals surface area contributed by atoms with Crippen molar-refractivity contribution in [2.75, 3.05) is 18.1 Å². The molecule has 2 bridgehead atoms. The maximum Gasteiger partial charge on any atom is 0.332 e. The second-order valence-electron chi connectivity index (χ2n) is 7.97. The Kier molecular flexibility index (Phi) is 5.24. The van der Waals surface area contributed by atoms with Crippen LogP contribution in [0.25, 0.3) is 11.2 Å². The summed E-state index contributed by atoms with van der Waals surface area (Å²) < 4.78 is 26.5. The molecule has 4 rings (SSSR count). The Labute approximate surface area is 168 Å². The fraction of sp³-hybridized carbons (Fsp3) is 0.632. The van der Waals surface area contributed by atoms with Gasteiger partial charge in [0.05, 0.1) is 18.1 Å². The highest BCUT2D eigenvalue weighted by Crippen LogP contribution is 2.48. The summed E-state index contributed by atoms with van der Waals surface area (Å²) in [5.74, 6) is 1.12. The van der Waals surface area contributed by atoms with Gasteiger partial charge >= 0.3 is 5.69 Å². The predicted molar refractivity (Wildman–Crippen MR) is 109 cm³/mol. The Bertz CT molecular complexity index is 1170. The van der Waals surface area contributed by atoms with E-state index in [0.717, 1.165) is 17.4 Å². The summed E-state index contributed by atoms with van der Waals surface area (Å²) in [7, 11) is -3.51.